The summed E-state index contributed by atoms with van der Waals surface area (Å²) in [6.07, 6.45) is 3.57. The van der Waals surface area contributed by atoms with Gasteiger partial charge in [-0.3, -0.25) is 9.69 Å². The van der Waals surface area contributed by atoms with Crippen LogP contribution in [0.25, 0.3) is 10.2 Å². The Labute approximate surface area is 186 Å². The van der Waals surface area contributed by atoms with Crippen molar-refractivity contribution in [3.8, 4) is 10.9 Å². The van der Waals surface area contributed by atoms with Gasteiger partial charge < -0.3 is 14.8 Å². The predicted octanol–water partition coefficient (Wildman–Crippen LogP) is 4.35. The van der Waals surface area contributed by atoms with Crippen LogP contribution < -0.4 is 10.1 Å². The molecular weight excluding hydrogens is 410 g/mol. The fourth-order valence-corrected chi connectivity index (χ4v) is 5.07. The van der Waals surface area contributed by atoms with Gasteiger partial charge in [-0.15, -0.1) is 0 Å². The maximum Gasteiger partial charge on any atom is 0.279 e. The number of likely N-dealkylation sites (tertiary alicyclic amines) is 1. The van der Waals surface area contributed by atoms with E-state index >= 15 is 0 Å². The number of piperidine rings is 1. The first kappa shape index (κ1) is 20.4. The number of fused-ring (bicyclic) bond motifs is 1. The Morgan fingerprint density at radius 3 is 2.68 bits per heavy atom. The minimum atomic E-state index is -0.235. The Balaban J connectivity index is 1.10. The van der Waals surface area contributed by atoms with Crippen LogP contribution in [0.1, 0.15) is 31.2 Å². The average Bonchev–Trinajstić information content (AvgIpc) is 3.46. The quantitative estimate of drug-likeness (QED) is 0.621. The van der Waals surface area contributed by atoms with Crippen LogP contribution in [-0.2, 0) is 16.1 Å². The van der Waals surface area contributed by atoms with E-state index in [0.29, 0.717) is 11.8 Å². The van der Waals surface area contributed by atoms with Gasteiger partial charge in [0.15, 0.2) is 0 Å². The third-order valence-corrected chi connectivity index (χ3v) is 6.88. The lowest BCUT2D eigenvalue weighted by Gasteiger charge is -2.32. The van der Waals surface area contributed by atoms with E-state index in [1.165, 1.54) is 5.56 Å². The van der Waals surface area contributed by atoms with Crippen molar-refractivity contribution in [2.24, 2.45) is 0 Å². The van der Waals surface area contributed by atoms with Crippen LogP contribution in [0.3, 0.4) is 0 Å². The molecule has 2 aromatic carbocycles. The van der Waals surface area contributed by atoms with E-state index in [-0.39, 0.29) is 18.1 Å². The summed E-state index contributed by atoms with van der Waals surface area (Å²) in [6, 6.07) is 16.6. The van der Waals surface area contributed by atoms with Crippen molar-refractivity contribution < 1.29 is 14.3 Å². The lowest BCUT2D eigenvalue weighted by molar-refractivity contribution is -0.131. The molecule has 2 fully saturated rings. The smallest absolute Gasteiger partial charge is 0.279 e. The van der Waals surface area contributed by atoms with E-state index in [1.807, 2.05) is 30.3 Å². The summed E-state index contributed by atoms with van der Waals surface area (Å²) in [4.78, 5) is 19.2. The van der Waals surface area contributed by atoms with Gasteiger partial charge in [0.05, 0.1) is 10.2 Å². The molecule has 6 nitrogen and oxygen atoms in total. The lowest BCUT2D eigenvalue weighted by Crippen LogP contribution is -2.47. The Hall–Kier alpha value is -2.48. The molecule has 0 spiro atoms. The largest absolute Gasteiger partial charge is 0.431 e. The summed E-state index contributed by atoms with van der Waals surface area (Å²) in [5.74, 6) is 0.873. The molecule has 1 unspecified atom stereocenters. The Morgan fingerprint density at radius 1 is 1.13 bits per heavy atom. The van der Waals surface area contributed by atoms with Crippen LogP contribution >= 0.6 is 11.3 Å². The second kappa shape index (κ2) is 9.34. The molecule has 1 atom stereocenters. The van der Waals surface area contributed by atoms with Gasteiger partial charge >= 0.3 is 0 Å². The van der Waals surface area contributed by atoms with Gasteiger partial charge in [0.2, 0.25) is 5.91 Å². The summed E-state index contributed by atoms with van der Waals surface area (Å²) in [7, 11) is 0. The molecule has 0 bridgehead atoms. The number of carbonyl (C=O) groups excluding carboxylic acids is 1. The van der Waals surface area contributed by atoms with E-state index in [4.69, 9.17) is 9.47 Å². The molecular formula is C24H27N3O3S. The third kappa shape index (κ3) is 5.06. The fourth-order valence-electron chi connectivity index (χ4n) is 4.23. The standard InChI is InChI=1S/C24H27N3O3S/c28-23(21-5-3-15-29-21)25-18-11-13-27(14-12-18)16-17-7-9-19(10-8-17)30-24-26-20-4-1-2-6-22(20)31-24/h1-2,4,6-10,18,21H,3,5,11-16H2,(H,25,28). The van der Waals surface area contributed by atoms with E-state index in [1.54, 1.807) is 11.3 Å². The van der Waals surface area contributed by atoms with Gasteiger partial charge in [-0.05, 0) is 55.5 Å². The summed E-state index contributed by atoms with van der Waals surface area (Å²) in [6.45, 7) is 3.59. The number of benzene rings is 2. The number of hydrogen-bond acceptors (Lipinski definition) is 6. The minimum absolute atomic E-state index is 0.0691. The van der Waals surface area contributed by atoms with E-state index in [9.17, 15) is 4.79 Å². The van der Waals surface area contributed by atoms with Gasteiger partial charge in [-0.25, -0.2) is 4.98 Å². The van der Waals surface area contributed by atoms with Crippen molar-refractivity contribution in [3.05, 3.63) is 54.1 Å². The molecule has 7 heteroatoms. The zero-order valence-electron chi connectivity index (χ0n) is 17.5. The number of hydrogen-bond donors (Lipinski definition) is 1. The summed E-state index contributed by atoms with van der Waals surface area (Å²) in [5, 5.41) is 3.84. The molecule has 0 radical (unpaired) electrons. The van der Waals surface area contributed by atoms with Gasteiger partial charge in [0.25, 0.3) is 5.19 Å². The number of carbonyl (C=O) groups is 1. The van der Waals surface area contributed by atoms with Crippen molar-refractivity contribution in [2.45, 2.75) is 44.4 Å². The van der Waals surface area contributed by atoms with Crippen molar-refractivity contribution >= 4 is 27.5 Å². The Bertz CT molecular complexity index is 989. The zero-order chi connectivity index (χ0) is 21.0. The van der Waals surface area contributed by atoms with E-state index < -0.39 is 0 Å². The monoisotopic (exact) mass is 437 g/mol. The number of rotatable bonds is 6. The topological polar surface area (TPSA) is 63.7 Å². The third-order valence-electron chi connectivity index (χ3n) is 5.97. The Kier molecular flexibility index (Phi) is 6.15. The number of nitrogens with zero attached hydrogens (tertiary/aromatic N) is 2. The fraction of sp³-hybridized carbons (Fsp3) is 0.417. The molecule has 31 heavy (non-hydrogen) atoms. The molecule has 5 rings (SSSR count). The highest BCUT2D eigenvalue weighted by atomic mass is 32.1. The summed E-state index contributed by atoms with van der Waals surface area (Å²) >= 11 is 1.56. The molecule has 2 aliphatic heterocycles. The van der Waals surface area contributed by atoms with Crippen LogP contribution in [0.2, 0.25) is 0 Å². The Morgan fingerprint density at radius 2 is 1.94 bits per heavy atom. The molecule has 0 aliphatic carbocycles. The highest BCUT2D eigenvalue weighted by Gasteiger charge is 2.27. The summed E-state index contributed by atoms with van der Waals surface area (Å²) < 4.78 is 12.6. The molecule has 1 amide bonds. The summed E-state index contributed by atoms with van der Waals surface area (Å²) in [5.41, 5.74) is 2.23. The SMILES string of the molecule is O=C(NC1CCN(Cc2ccc(Oc3nc4ccccc4s3)cc2)CC1)C1CCCO1. The first-order chi connectivity index (χ1) is 15.2. The number of para-hydroxylation sites is 1. The lowest BCUT2D eigenvalue weighted by atomic mass is 10.0. The zero-order valence-corrected chi connectivity index (χ0v) is 18.3. The van der Waals surface area contributed by atoms with Gasteiger partial charge in [-0.1, -0.05) is 35.6 Å². The van der Waals surface area contributed by atoms with Gasteiger partial charge in [-0.2, -0.15) is 0 Å². The molecule has 2 saturated heterocycles. The van der Waals surface area contributed by atoms with Crippen LogP contribution in [0.4, 0.5) is 0 Å². The van der Waals surface area contributed by atoms with Gasteiger partial charge in [0.1, 0.15) is 11.9 Å². The number of ether oxygens (including phenoxy) is 2. The average molecular weight is 438 g/mol. The normalized spacial score (nSPS) is 20.2. The van der Waals surface area contributed by atoms with Crippen LogP contribution in [0.15, 0.2) is 48.5 Å². The molecule has 1 N–H and O–H groups in total. The molecule has 3 aromatic rings. The molecule has 162 valence electrons. The number of nitrogens with one attached hydrogen (secondary N) is 1. The number of aromatic nitrogens is 1. The number of amides is 1. The van der Waals surface area contributed by atoms with Crippen molar-refractivity contribution in [3.63, 3.8) is 0 Å². The molecule has 2 aliphatic rings. The minimum Gasteiger partial charge on any atom is -0.431 e. The van der Waals surface area contributed by atoms with E-state index in [2.05, 4.69) is 33.4 Å². The van der Waals surface area contributed by atoms with Gasteiger partial charge in [0, 0.05) is 32.3 Å². The maximum absolute atomic E-state index is 12.2. The van der Waals surface area contributed by atoms with Crippen LogP contribution in [0, 0.1) is 0 Å². The first-order valence-corrected chi connectivity index (χ1v) is 11.8. The van der Waals surface area contributed by atoms with Crippen molar-refractivity contribution in [1.82, 2.24) is 15.2 Å². The number of thiazole rings is 1. The molecule has 3 heterocycles. The molecule has 1 aromatic heterocycles. The highest BCUT2D eigenvalue weighted by Crippen LogP contribution is 2.31. The van der Waals surface area contributed by atoms with Crippen molar-refractivity contribution in [1.29, 1.82) is 0 Å². The van der Waals surface area contributed by atoms with Crippen LogP contribution in [0.5, 0.6) is 10.9 Å². The second-order valence-corrected chi connectivity index (χ2v) is 9.25. The van der Waals surface area contributed by atoms with Crippen molar-refractivity contribution in [2.75, 3.05) is 19.7 Å². The van der Waals surface area contributed by atoms with Crippen LogP contribution in [-0.4, -0.2) is 47.6 Å². The predicted molar refractivity (Wildman–Crippen MR) is 122 cm³/mol. The molecule has 0 saturated carbocycles. The maximum atomic E-state index is 12.2. The highest BCUT2D eigenvalue weighted by molar-refractivity contribution is 7.20. The second-order valence-electron chi connectivity index (χ2n) is 8.25. The first-order valence-electron chi connectivity index (χ1n) is 11.0. The van der Waals surface area contributed by atoms with E-state index in [0.717, 1.165) is 61.3 Å².